The van der Waals surface area contributed by atoms with Crippen LogP contribution in [0.5, 0.6) is 0 Å². The van der Waals surface area contributed by atoms with E-state index >= 15 is 0 Å². The number of nitrogens with zero attached hydrogens (tertiary/aromatic N) is 7. The Morgan fingerprint density at radius 2 is 1.79 bits per heavy atom. The summed E-state index contributed by atoms with van der Waals surface area (Å²) in [4.78, 5) is 40.6. The maximum Gasteiger partial charge on any atom is 0.410 e. The molecule has 2 N–H and O–H groups in total. The van der Waals surface area contributed by atoms with Crippen LogP contribution < -0.4 is 15.5 Å². The van der Waals surface area contributed by atoms with Gasteiger partial charge in [0.25, 0.3) is 5.91 Å². The predicted octanol–water partition coefficient (Wildman–Crippen LogP) is 4.42. The molecule has 0 bridgehead atoms. The van der Waals surface area contributed by atoms with Gasteiger partial charge in [0.1, 0.15) is 11.1 Å². The quantitative estimate of drug-likeness (QED) is 0.286. The van der Waals surface area contributed by atoms with Gasteiger partial charge in [-0.3, -0.25) is 14.5 Å². The first kappa shape index (κ1) is 31.4. The molecule has 1 aliphatic carbocycles. The molecule has 0 atom stereocenters. The molecule has 3 aromatic heterocycles. The average molecular weight is 644 g/mol. The molecule has 47 heavy (non-hydrogen) atoms. The number of fused-ring (bicyclic) bond motifs is 2. The highest BCUT2D eigenvalue weighted by Crippen LogP contribution is 2.36. The first-order valence-electron chi connectivity index (χ1n) is 16.6. The number of benzene rings is 1. The molecule has 2 aliphatic heterocycles. The highest BCUT2D eigenvalue weighted by molar-refractivity contribution is 6.13. The Labute approximate surface area is 274 Å². The molecular formula is C34H45N9O4. The van der Waals surface area contributed by atoms with Gasteiger partial charge in [0, 0.05) is 62.2 Å². The van der Waals surface area contributed by atoms with E-state index in [1.807, 2.05) is 74.8 Å². The third kappa shape index (κ3) is 6.51. The van der Waals surface area contributed by atoms with Gasteiger partial charge in [-0.05, 0) is 72.4 Å². The van der Waals surface area contributed by atoms with Crippen LogP contribution in [0.15, 0.2) is 30.7 Å². The third-order valence-electron chi connectivity index (χ3n) is 9.15. The van der Waals surface area contributed by atoms with Crippen molar-refractivity contribution in [2.75, 3.05) is 36.5 Å². The van der Waals surface area contributed by atoms with Gasteiger partial charge in [-0.1, -0.05) is 0 Å². The van der Waals surface area contributed by atoms with Crippen LogP contribution in [-0.2, 0) is 23.1 Å². The molecule has 250 valence electrons. The number of hydrogen-bond acceptors (Lipinski definition) is 9. The van der Waals surface area contributed by atoms with Gasteiger partial charge in [-0.2, -0.15) is 5.10 Å². The zero-order valence-corrected chi connectivity index (χ0v) is 28.2. The number of carbonyl (C=O) groups is 2. The van der Waals surface area contributed by atoms with Crippen LogP contribution in [0.1, 0.15) is 75.1 Å². The van der Waals surface area contributed by atoms with Crippen LogP contribution in [0.3, 0.4) is 0 Å². The molecule has 1 saturated carbocycles. The van der Waals surface area contributed by atoms with Crippen LogP contribution in [0.4, 0.5) is 16.3 Å². The van der Waals surface area contributed by atoms with E-state index < -0.39 is 5.60 Å². The van der Waals surface area contributed by atoms with Gasteiger partial charge in [0.15, 0.2) is 11.5 Å². The molecule has 13 nitrogen and oxygen atoms in total. The van der Waals surface area contributed by atoms with E-state index in [4.69, 9.17) is 24.5 Å². The Bertz CT molecular complexity index is 1820. The number of aromatic nitrogens is 5. The summed E-state index contributed by atoms with van der Waals surface area (Å²) in [6.07, 6.45) is 9.27. The third-order valence-corrected chi connectivity index (χ3v) is 9.15. The number of anilines is 2. The molecule has 2 amide bonds. The van der Waals surface area contributed by atoms with E-state index in [1.54, 1.807) is 4.68 Å². The summed E-state index contributed by atoms with van der Waals surface area (Å²) in [5, 5.41) is 12.1. The van der Waals surface area contributed by atoms with Crippen molar-refractivity contribution in [3.63, 3.8) is 0 Å². The summed E-state index contributed by atoms with van der Waals surface area (Å²) in [5.74, 6) is 0.172. The Morgan fingerprint density at radius 3 is 2.45 bits per heavy atom. The molecule has 7 rings (SSSR count). The molecule has 0 radical (unpaired) electrons. The number of aryl methyl sites for hydroxylation is 2. The van der Waals surface area contributed by atoms with Crippen LogP contribution >= 0.6 is 0 Å². The fourth-order valence-corrected chi connectivity index (χ4v) is 6.68. The van der Waals surface area contributed by atoms with Gasteiger partial charge in [0.05, 0.1) is 41.9 Å². The number of ether oxygens (including phenoxy) is 2. The number of hydrogen-bond donors (Lipinski definition) is 2. The van der Waals surface area contributed by atoms with Crippen molar-refractivity contribution in [1.29, 1.82) is 0 Å². The zero-order chi connectivity index (χ0) is 33.1. The molecule has 2 saturated heterocycles. The van der Waals surface area contributed by atoms with Gasteiger partial charge in [0.2, 0.25) is 0 Å². The van der Waals surface area contributed by atoms with Crippen LogP contribution in [0.25, 0.3) is 16.6 Å². The molecule has 3 fully saturated rings. The SMILES string of the molecule is Cc1cn2cc(NC(=O)c3ccc(N4CCC(N(C(=O)OC(C)(C)C)C5CC5)CC4)c4cn(C)nc34)nc2c(CNC2(C)COC2)n1. The number of nitrogens with one attached hydrogen (secondary N) is 2. The van der Waals surface area contributed by atoms with Crippen molar-refractivity contribution in [3.8, 4) is 0 Å². The summed E-state index contributed by atoms with van der Waals surface area (Å²) in [6.45, 7) is 13.3. The van der Waals surface area contributed by atoms with Crippen molar-refractivity contribution < 1.29 is 19.1 Å². The van der Waals surface area contributed by atoms with Crippen molar-refractivity contribution in [2.24, 2.45) is 7.05 Å². The van der Waals surface area contributed by atoms with Crippen LogP contribution in [0, 0.1) is 6.92 Å². The highest BCUT2D eigenvalue weighted by atomic mass is 16.6. The first-order valence-corrected chi connectivity index (χ1v) is 16.6. The molecule has 1 aromatic carbocycles. The number of piperidine rings is 1. The lowest BCUT2D eigenvalue weighted by Gasteiger charge is -2.40. The number of amides is 2. The summed E-state index contributed by atoms with van der Waals surface area (Å²) in [6, 6.07) is 4.30. The Hall–Kier alpha value is -4.23. The van der Waals surface area contributed by atoms with Crippen molar-refractivity contribution in [1.82, 2.24) is 34.4 Å². The summed E-state index contributed by atoms with van der Waals surface area (Å²) in [7, 11) is 1.87. The predicted molar refractivity (Wildman–Crippen MR) is 179 cm³/mol. The largest absolute Gasteiger partial charge is 0.444 e. The molecular weight excluding hydrogens is 598 g/mol. The van der Waals surface area contributed by atoms with Crippen molar-refractivity contribution in [2.45, 2.75) is 90.1 Å². The Kier molecular flexibility index (Phi) is 7.86. The van der Waals surface area contributed by atoms with Crippen LogP contribution in [0.2, 0.25) is 0 Å². The average Bonchev–Trinajstić information content (AvgIpc) is 3.60. The Balaban J connectivity index is 1.07. The second kappa shape index (κ2) is 11.8. The number of rotatable bonds is 8. The summed E-state index contributed by atoms with van der Waals surface area (Å²) in [5.41, 5.74) is 3.93. The highest BCUT2D eigenvalue weighted by Gasteiger charge is 2.41. The smallest absolute Gasteiger partial charge is 0.410 e. The molecule has 4 aromatic rings. The maximum atomic E-state index is 13.7. The van der Waals surface area contributed by atoms with Gasteiger partial charge in [-0.25, -0.2) is 9.78 Å². The fraction of sp³-hybridized carbons (Fsp3) is 0.559. The summed E-state index contributed by atoms with van der Waals surface area (Å²) < 4.78 is 14.8. The standard InChI is InChI=1S/C34H45N9O4/c1-21-16-42-18-28(37-30(42)26(36-21)15-35-34(5)19-46-20-34)38-31(44)24-9-10-27(25-17-40(6)39-29(24)25)41-13-11-23(12-14-41)43(22-7-8-22)32(45)47-33(2,3)4/h9-10,16-18,22-23,35H,7-8,11-15,19-20H2,1-6H3,(H,38,44). The molecule has 3 aliphatic rings. The minimum absolute atomic E-state index is 0.0702. The minimum Gasteiger partial charge on any atom is -0.444 e. The molecule has 0 unspecified atom stereocenters. The van der Waals surface area contributed by atoms with Crippen molar-refractivity contribution in [3.05, 3.63) is 47.7 Å². The second-order valence-electron chi connectivity index (χ2n) is 14.6. The first-order chi connectivity index (χ1) is 22.4. The lowest BCUT2D eigenvalue weighted by molar-refractivity contribution is -0.0650. The van der Waals surface area contributed by atoms with E-state index in [9.17, 15) is 9.59 Å². The van der Waals surface area contributed by atoms with E-state index in [-0.39, 0.29) is 29.6 Å². The normalized spacial score (nSPS) is 18.4. The van der Waals surface area contributed by atoms with E-state index in [1.165, 1.54) is 0 Å². The maximum absolute atomic E-state index is 13.7. The number of carbonyl (C=O) groups excluding carboxylic acids is 2. The molecule has 0 spiro atoms. The van der Waals surface area contributed by atoms with Gasteiger partial charge >= 0.3 is 6.09 Å². The monoisotopic (exact) mass is 643 g/mol. The number of imidazole rings is 1. The van der Waals surface area contributed by atoms with Crippen LogP contribution in [-0.4, -0.2) is 90.6 Å². The van der Waals surface area contributed by atoms with E-state index in [2.05, 4.69) is 22.5 Å². The second-order valence-corrected chi connectivity index (χ2v) is 14.6. The molecule has 13 heteroatoms. The topological polar surface area (TPSA) is 131 Å². The lowest BCUT2D eigenvalue weighted by atomic mass is 10.0. The van der Waals surface area contributed by atoms with E-state index in [0.717, 1.165) is 61.2 Å². The summed E-state index contributed by atoms with van der Waals surface area (Å²) >= 11 is 0. The zero-order valence-electron chi connectivity index (χ0n) is 28.2. The fourth-order valence-electron chi connectivity index (χ4n) is 6.68. The lowest BCUT2D eigenvalue weighted by Crippen LogP contribution is -2.57. The van der Waals surface area contributed by atoms with Gasteiger partial charge in [-0.15, -0.1) is 0 Å². The Morgan fingerprint density at radius 1 is 1.06 bits per heavy atom. The van der Waals surface area contributed by atoms with Crippen molar-refractivity contribution >= 4 is 40.1 Å². The van der Waals surface area contributed by atoms with E-state index in [0.29, 0.717) is 42.3 Å². The molecule has 5 heterocycles. The minimum atomic E-state index is -0.517. The van der Waals surface area contributed by atoms with Gasteiger partial charge < -0.3 is 34.3 Å².